The molecule has 22 heavy (non-hydrogen) atoms. The molecule has 0 aliphatic carbocycles. The number of rotatable bonds is 9. The first kappa shape index (κ1) is 18.4. The van der Waals surface area contributed by atoms with E-state index in [1.807, 2.05) is 0 Å². The van der Waals surface area contributed by atoms with Gasteiger partial charge in [0.1, 0.15) is 4.90 Å². The first-order valence-electron chi connectivity index (χ1n) is 6.55. The first-order valence-corrected chi connectivity index (χ1v) is 8.03. The van der Waals surface area contributed by atoms with E-state index in [1.165, 1.54) is 19.2 Å². The molecule has 9 heteroatoms. The Bertz CT molecular complexity index is 617. The zero-order chi connectivity index (χ0) is 16.8. The summed E-state index contributed by atoms with van der Waals surface area (Å²) in [5.41, 5.74) is 0.120. The van der Waals surface area contributed by atoms with Crippen molar-refractivity contribution in [3.05, 3.63) is 23.8 Å². The molecule has 0 fully saturated rings. The molecule has 124 valence electrons. The van der Waals surface area contributed by atoms with Gasteiger partial charge in [-0.1, -0.05) is 0 Å². The maximum Gasteiger partial charge on any atom is 0.335 e. The molecule has 0 aromatic heterocycles. The molecule has 0 saturated carbocycles. The van der Waals surface area contributed by atoms with Crippen molar-refractivity contribution in [2.75, 3.05) is 32.2 Å². The standard InChI is InChI=1S/C13H20N2O6S/c1-9(8-21-2)15-11-4-3-10(13(17)18)7-12(11)22(19,20)14-5-6-16/h3-4,7,9,14-16H,5-6,8H2,1-2H3,(H,17,18)/t9-/m0/s1. The largest absolute Gasteiger partial charge is 0.478 e. The van der Waals surface area contributed by atoms with Gasteiger partial charge >= 0.3 is 5.97 Å². The second-order valence-corrected chi connectivity index (χ2v) is 6.37. The number of benzene rings is 1. The highest BCUT2D eigenvalue weighted by Gasteiger charge is 2.21. The summed E-state index contributed by atoms with van der Waals surface area (Å²) in [5.74, 6) is -1.23. The fourth-order valence-corrected chi connectivity index (χ4v) is 3.03. The van der Waals surface area contributed by atoms with Crippen LogP contribution in [0.15, 0.2) is 23.1 Å². The van der Waals surface area contributed by atoms with Crippen molar-refractivity contribution in [1.29, 1.82) is 0 Å². The summed E-state index contributed by atoms with van der Waals surface area (Å²) in [4.78, 5) is 10.8. The second kappa shape index (κ2) is 8.08. The van der Waals surface area contributed by atoms with Crippen LogP contribution >= 0.6 is 0 Å². The number of aliphatic hydroxyl groups excluding tert-OH is 1. The molecule has 1 rings (SSSR count). The van der Waals surface area contributed by atoms with E-state index >= 15 is 0 Å². The summed E-state index contributed by atoms with van der Waals surface area (Å²) < 4.78 is 31.6. The van der Waals surface area contributed by atoms with Gasteiger partial charge in [0.2, 0.25) is 10.0 Å². The molecule has 0 radical (unpaired) electrons. The molecule has 0 amide bonds. The van der Waals surface area contributed by atoms with E-state index in [2.05, 4.69) is 10.0 Å². The number of anilines is 1. The molecular formula is C13H20N2O6S. The molecule has 0 unspecified atom stereocenters. The van der Waals surface area contributed by atoms with Crippen LogP contribution in [0.3, 0.4) is 0 Å². The van der Waals surface area contributed by atoms with Crippen molar-refractivity contribution in [2.24, 2.45) is 0 Å². The van der Waals surface area contributed by atoms with Gasteiger partial charge in [-0.2, -0.15) is 0 Å². The van der Waals surface area contributed by atoms with Gasteiger partial charge in [-0.3, -0.25) is 0 Å². The van der Waals surface area contributed by atoms with E-state index < -0.39 is 16.0 Å². The van der Waals surface area contributed by atoms with Gasteiger partial charge < -0.3 is 20.3 Å². The quantitative estimate of drug-likeness (QED) is 0.505. The smallest absolute Gasteiger partial charge is 0.335 e. The van der Waals surface area contributed by atoms with Gasteiger partial charge in [0.25, 0.3) is 0 Å². The molecule has 1 aromatic carbocycles. The molecule has 0 saturated heterocycles. The predicted molar refractivity (Wildman–Crippen MR) is 80.6 cm³/mol. The molecular weight excluding hydrogens is 312 g/mol. The third kappa shape index (κ3) is 4.95. The summed E-state index contributed by atoms with van der Waals surface area (Å²) in [6.45, 7) is 1.63. The highest BCUT2D eigenvalue weighted by molar-refractivity contribution is 7.89. The van der Waals surface area contributed by atoms with Crippen molar-refractivity contribution < 1.29 is 28.2 Å². The Labute approximate surface area is 129 Å². The maximum absolute atomic E-state index is 12.2. The van der Waals surface area contributed by atoms with Crippen molar-refractivity contribution in [1.82, 2.24) is 4.72 Å². The van der Waals surface area contributed by atoms with E-state index in [0.29, 0.717) is 6.61 Å². The Balaban J connectivity index is 3.23. The fraction of sp³-hybridized carbons (Fsp3) is 0.462. The minimum atomic E-state index is -3.95. The van der Waals surface area contributed by atoms with Crippen LogP contribution in [0.2, 0.25) is 0 Å². The molecule has 0 aliphatic rings. The normalized spacial score (nSPS) is 12.9. The Morgan fingerprint density at radius 3 is 2.64 bits per heavy atom. The number of sulfonamides is 1. The predicted octanol–water partition coefficient (Wildman–Crippen LogP) is 0.102. The Morgan fingerprint density at radius 2 is 2.09 bits per heavy atom. The van der Waals surface area contributed by atoms with Gasteiger partial charge in [0, 0.05) is 19.7 Å². The molecule has 1 atom stereocenters. The summed E-state index contributed by atoms with van der Waals surface area (Å²) in [5, 5.41) is 20.7. The van der Waals surface area contributed by atoms with Crippen LogP contribution in [0.1, 0.15) is 17.3 Å². The van der Waals surface area contributed by atoms with Crippen molar-refractivity contribution in [2.45, 2.75) is 17.9 Å². The number of carboxylic acid groups (broad SMARTS) is 1. The van der Waals surface area contributed by atoms with Crippen LogP contribution in [0.25, 0.3) is 0 Å². The minimum absolute atomic E-state index is 0.144. The number of carbonyl (C=O) groups is 1. The Kier molecular flexibility index (Phi) is 6.75. The first-order chi connectivity index (χ1) is 10.3. The third-order valence-corrected chi connectivity index (χ3v) is 4.24. The number of nitrogens with one attached hydrogen (secondary N) is 2. The van der Waals surface area contributed by atoms with Crippen molar-refractivity contribution in [3.63, 3.8) is 0 Å². The van der Waals surface area contributed by atoms with Crippen LogP contribution in [-0.2, 0) is 14.8 Å². The van der Waals surface area contributed by atoms with E-state index in [-0.39, 0.29) is 35.3 Å². The molecule has 0 aliphatic heterocycles. The lowest BCUT2D eigenvalue weighted by Crippen LogP contribution is -2.29. The highest BCUT2D eigenvalue weighted by Crippen LogP contribution is 2.23. The van der Waals surface area contributed by atoms with Gasteiger partial charge in [-0.15, -0.1) is 0 Å². The van der Waals surface area contributed by atoms with E-state index in [9.17, 15) is 13.2 Å². The number of ether oxygens (including phenoxy) is 1. The third-order valence-electron chi connectivity index (χ3n) is 2.74. The highest BCUT2D eigenvalue weighted by atomic mass is 32.2. The summed E-state index contributed by atoms with van der Waals surface area (Å²) >= 11 is 0. The van der Waals surface area contributed by atoms with E-state index in [0.717, 1.165) is 6.07 Å². The number of methoxy groups -OCH3 is 1. The number of carboxylic acids is 1. The molecule has 0 bridgehead atoms. The van der Waals surface area contributed by atoms with Gasteiger partial charge in [-0.25, -0.2) is 17.9 Å². The van der Waals surface area contributed by atoms with Gasteiger partial charge in [0.05, 0.1) is 24.5 Å². The topological polar surface area (TPSA) is 125 Å². The second-order valence-electron chi connectivity index (χ2n) is 4.64. The van der Waals surface area contributed by atoms with Gasteiger partial charge in [0.15, 0.2) is 0 Å². The fourth-order valence-electron chi connectivity index (χ4n) is 1.81. The number of hydrogen-bond donors (Lipinski definition) is 4. The van der Waals surface area contributed by atoms with Crippen molar-refractivity contribution in [3.8, 4) is 0 Å². The summed E-state index contributed by atoms with van der Waals surface area (Å²) in [6.07, 6.45) is 0. The maximum atomic E-state index is 12.2. The van der Waals surface area contributed by atoms with Crippen LogP contribution in [0, 0.1) is 0 Å². The van der Waals surface area contributed by atoms with Crippen LogP contribution < -0.4 is 10.0 Å². The number of aromatic carboxylic acids is 1. The molecule has 1 aromatic rings. The van der Waals surface area contributed by atoms with Gasteiger partial charge in [-0.05, 0) is 25.1 Å². The Hall–Kier alpha value is -1.68. The lowest BCUT2D eigenvalue weighted by Gasteiger charge is -2.18. The number of hydrogen-bond acceptors (Lipinski definition) is 6. The SMILES string of the molecule is COC[C@H](C)Nc1ccc(C(=O)O)cc1S(=O)(=O)NCCO. The summed E-state index contributed by atoms with van der Waals surface area (Å²) in [6, 6.07) is 3.61. The zero-order valence-corrected chi connectivity index (χ0v) is 13.2. The zero-order valence-electron chi connectivity index (χ0n) is 12.4. The minimum Gasteiger partial charge on any atom is -0.478 e. The monoisotopic (exact) mass is 332 g/mol. The number of aliphatic hydroxyl groups is 1. The molecule has 0 heterocycles. The average Bonchev–Trinajstić information content (AvgIpc) is 2.45. The molecule has 4 N–H and O–H groups in total. The molecule has 0 spiro atoms. The van der Waals surface area contributed by atoms with Crippen LogP contribution in [-0.4, -0.2) is 57.5 Å². The summed E-state index contributed by atoms with van der Waals surface area (Å²) in [7, 11) is -2.43. The Morgan fingerprint density at radius 1 is 1.41 bits per heavy atom. The van der Waals surface area contributed by atoms with E-state index in [4.69, 9.17) is 14.9 Å². The molecule has 8 nitrogen and oxygen atoms in total. The van der Waals surface area contributed by atoms with E-state index in [1.54, 1.807) is 6.92 Å². The van der Waals surface area contributed by atoms with Crippen molar-refractivity contribution >= 4 is 21.7 Å². The lowest BCUT2D eigenvalue weighted by atomic mass is 10.2. The van der Waals surface area contributed by atoms with Crippen LogP contribution in [0.4, 0.5) is 5.69 Å². The lowest BCUT2D eigenvalue weighted by molar-refractivity contribution is 0.0696. The average molecular weight is 332 g/mol. The van der Waals surface area contributed by atoms with Crippen LogP contribution in [0.5, 0.6) is 0 Å².